The first-order chi connectivity index (χ1) is 12.7. The molecule has 0 fully saturated rings. The molecule has 2 rings (SSSR count). The van der Waals surface area contributed by atoms with E-state index >= 15 is 0 Å². The zero-order chi connectivity index (χ0) is 20.1. The summed E-state index contributed by atoms with van der Waals surface area (Å²) in [4.78, 5) is 26.4. The number of carbonyl (C=O) groups is 2. The van der Waals surface area contributed by atoms with Crippen molar-refractivity contribution in [1.29, 1.82) is 0 Å². The topological polar surface area (TPSA) is 64.4 Å². The second-order valence-corrected chi connectivity index (χ2v) is 7.22. The summed E-state index contributed by atoms with van der Waals surface area (Å²) in [6.07, 6.45) is 0.0984. The summed E-state index contributed by atoms with van der Waals surface area (Å²) in [6.45, 7) is 11.4. The molecule has 0 radical (unpaired) electrons. The fourth-order valence-electron chi connectivity index (χ4n) is 3.34. The Balaban J connectivity index is 2.04. The monoisotopic (exact) mass is 371 g/mol. The van der Waals surface area contributed by atoms with Crippen molar-refractivity contribution in [3.05, 3.63) is 47.3 Å². The minimum absolute atomic E-state index is 0.0600. The van der Waals surface area contributed by atoms with Crippen LogP contribution in [0.1, 0.15) is 44.6 Å². The number of amides is 1. The molecule has 0 unspecified atom stereocenters. The van der Waals surface area contributed by atoms with E-state index in [1.807, 2.05) is 76.6 Å². The van der Waals surface area contributed by atoms with Gasteiger partial charge in [-0.05, 0) is 53.7 Å². The zero-order valence-corrected chi connectivity index (χ0v) is 17.0. The third kappa shape index (κ3) is 4.96. The summed E-state index contributed by atoms with van der Waals surface area (Å²) in [6, 6.07) is 9.89. The highest BCUT2D eigenvalue weighted by Crippen LogP contribution is 2.18. The van der Waals surface area contributed by atoms with Gasteiger partial charge in [-0.25, -0.2) is 4.68 Å². The van der Waals surface area contributed by atoms with E-state index in [0.717, 1.165) is 22.6 Å². The molecule has 27 heavy (non-hydrogen) atoms. The number of esters is 1. The fourth-order valence-corrected chi connectivity index (χ4v) is 3.34. The van der Waals surface area contributed by atoms with Gasteiger partial charge in [0.25, 0.3) is 5.91 Å². The average Bonchev–Trinajstić information content (AvgIpc) is 2.88. The van der Waals surface area contributed by atoms with Crippen molar-refractivity contribution in [1.82, 2.24) is 14.7 Å². The standard InChI is InChI=1S/C21H29N3O3/c1-14(2)23(15(3)4)20(25)13-27-21(26)12-19-16(5)22-24(17(19)6)18-10-8-7-9-11-18/h7-11,14-15H,12-13H2,1-6H3. The molecule has 146 valence electrons. The van der Waals surface area contributed by atoms with Crippen LogP contribution in [0, 0.1) is 13.8 Å². The number of ether oxygens (including phenoxy) is 1. The van der Waals surface area contributed by atoms with E-state index in [-0.39, 0.29) is 31.0 Å². The maximum Gasteiger partial charge on any atom is 0.310 e. The number of aryl methyl sites for hydroxylation is 1. The largest absolute Gasteiger partial charge is 0.455 e. The van der Waals surface area contributed by atoms with Crippen molar-refractivity contribution in [2.75, 3.05) is 6.61 Å². The minimum Gasteiger partial charge on any atom is -0.455 e. The van der Waals surface area contributed by atoms with Gasteiger partial charge in [-0.15, -0.1) is 0 Å². The van der Waals surface area contributed by atoms with Crippen LogP contribution in [0.5, 0.6) is 0 Å². The van der Waals surface area contributed by atoms with E-state index in [1.165, 1.54) is 0 Å². The zero-order valence-electron chi connectivity index (χ0n) is 17.0. The molecular formula is C21H29N3O3. The SMILES string of the molecule is Cc1nn(-c2ccccc2)c(C)c1CC(=O)OCC(=O)N(C(C)C)C(C)C. The molecule has 1 heterocycles. The highest BCUT2D eigenvalue weighted by molar-refractivity contribution is 5.82. The second-order valence-electron chi connectivity index (χ2n) is 7.22. The molecule has 6 nitrogen and oxygen atoms in total. The number of nitrogens with zero attached hydrogens (tertiary/aromatic N) is 3. The summed E-state index contributed by atoms with van der Waals surface area (Å²) in [5.41, 5.74) is 3.46. The first-order valence-corrected chi connectivity index (χ1v) is 9.29. The van der Waals surface area contributed by atoms with Crippen LogP contribution < -0.4 is 0 Å². The van der Waals surface area contributed by atoms with Gasteiger partial charge in [-0.1, -0.05) is 18.2 Å². The fraction of sp³-hybridized carbons (Fsp3) is 0.476. The van der Waals surface area contributed by atoms with Crippen LogP contribution in [0.2, 0.25) is 0 Å². The first-order valence-electron chi connectivity index (χ1n) is 9.29. The molecular weight excluding hydrogens is 342 g/mol. The number of aromatic nitrogens is 2. The molecule has 0 saturated carbocycles. The molecule has 6 heteroatoms. The Bertz CT molecular complexity index is 787. The van der Waals surface area contributed by atoms with Gasteiger partial charge in [0.15, 0.2) is 6.61 Å². The predicted molar refractivity (Wildman–Crippen MR) is 105 cm³/mol. The summed E-state index contributed by atoms with van der Waals surface area (Å²) in [7, 11) is 0. The molecule has 2 aromatic rings. The van der Waals surface area contributed by atoms with Gasteiger partial charge in [0.2, 0.25) is 0 Å². The van der Waals surface area contributed by atoms with Crippen molar-refractivity contribution >= 4 is 11.9 Å². The number of rotatable bonds is 7. The summed E-state index contributed by atoms with van der Waals surface area (Å²) < 4.78 is 7.07. The Morgan fingerprint density at radius 3 is 2.22 bits per heavy atom. The third-order valence-electron chi connectivity index (χ3n) is 4.52. The average molecular weight is 371 g/mol. The van der Waals surface area contributed by atoms with Gasteiger partial charge in [0.05, 0.1) is 17.8 Å². The lowest BCUT2D eigenvalue weighted by molar-refractivity contribution is -0.153. The van der Waals surface area contributed by atoms with E-state index in [4.69, 9.17) is 4.74 Å². The molecule has 0 bridgehead atoms. The van der Waals surface area contributed by atoms with Gasteiger partial charge in [0, 0.05) is 23.3 Å². The molecule has 0 saturated heterocycles. The smallest absolute Gasteiger partial charge is 0.310 e. The molecule has 1 amide bonds. The van der Waals surface area contributed by atoms with Crippen LogP contribution in [-0.2, 0) is 20.7 Å². The molecule has 0 atom stereocenters. The van der Waals surface area contributed by atoms with E-state index in [1.54, 1.807) is 4.90 Å². The number of para-hydroxylation sites is 1. The molecule has 0 aliphatic heterocycles. The number of hydrogen-bond donors (Lipinski definition) is 0. The highest BCUT2D eigenvalue weighted by atomic mass is 16.5. The molecule has 0 N–H and O–H groups in total. The maximum atomic E-state index is 12.3. The van der Waals surface area contributed by atoms with Gasteiger partial charge < -0.3 is 9.64 Å². The van der Waals surface area contributed by atoms with Crippen molar-refractivity contribution < 1.29 is 14.3 Å². The van der Waals surface area contributed by atoms with Crippen LogP contribution in [-0.4, -0.2) is 45.2 Å². The van der Waals surface area contributed by atoms with Crippen LogP contribution in [0.3, 0.4) is 0 Å². The highest BCUT2D eigenvalue weighted by Gasteiger charge is 2.22. The quantitative estimate of drug-likeness (QED) is 0.701. The lowest BCUT2D eigenvalue weighted by atomic mass is 10.1. The summed E-state index contributed by atoms with van der Waals surface area (Å²) in [5, 5.41) is 4.54. The third-order valence-corrected chi connectivity index (χ3v) is 4.52. The van der Waals surface area contributed by atoms with Gasteiger partial charge in [-0.2, -0.15) is 5.10 Å². The Hall–Kier alpha value is -2.63. The Kier molecular flexibility index (Phi) is 6.77. The molecule has 0 spiro atoms. The molecule has 1 aromatic carbocycles. The van der Waals surface area contributed by atoms with E-state index < -0.39 is 5.97 Å². The normalized spacial score (nSPS) is 11.1. The van der Waals surface area contributed by atoms with Crippen molar-refractivity contribution in [3.63, 3.8) is 0 Å². The lowest BCUT2D eigenvalue weighted by Crippen LogP contribution is -2.44. The van der Waals surface area contributed by atoms with Gasteiger partial charge in [-0.3, -0.25) is 9.59 Å². The van der Waals surface area contributed by atoms with Crippen LogP contribution >= 0.6 is 0 Å². The van der Waals surface area contributed by atoms with Crippen molar-refractivity contribution in [2.24, 2.45) is 0 Å². The first kappa shape index (κ1) is 20.7. The number of carbonyl (C=O) groups excluding carboxylic acids is 2. The van der Waals surface area contributed by atoms with E-state index in [9.17, 15) is 9.59 Å². The Labute approximate surface area is 161 Å². The maximum absolute atomic E-state index is 12.3. The summed E-state index contributed by atoms with van der Waals surface area (Å²) >= 11 is 0. The molecule has 0 aliphatic carbocycles. The van der Waals surface area contributed by atoms with E-state index in [2.05, 4.69) is 5.10 Å². The summed E-state index contributed by atoms with van der Waals surface area (Å²) in [5.74, 6) is -0.601. The van der Waals surface area contributed by atoms with Crippen molar-refractivity contribution in [2.45, 2.75) is 60.0 Å². The van der Waals surface area contributed by atoms with Gasteiger partial charge >= 0.3 is 5.97 Å². The second kappa shape index (κ2) is 8.84. The number of hydrogen-bond acceptors (Lipinski definition) is 4. The number of benzene rings is 1. The van der Waals surface area contributed by atoms with Crippen LogP contribution in [0.4, 0.5) is 0 Å². The Morgan fingerprint density at radius 1 is 1.07 bits per heavy atom. The van der Waals surface area contributed by atoms with Crippen LogP contribution in [0.15, 0.2) is 30.3 Å². The van der Waals surface area contributed by atoms with Gasteiger partial charge in [0.1, 0.15) is 0 Å². The predicted octanol–water partition coefficient (Wildman–Crippen LogP) is 3.22. The van der Waals surface area contributed by atoms with Crippen LogP contribution in [0.25, 0.3) is 5.69 Å². The van der Waals surface area contributed by atoms with E-state index in [0.29, 0.717) is 0 Å². The molecule has 0 aliphatic rings. The Morgan fingerprint density at radius 2 is 1.67 bits per heavy atom. The van der Waals surface area contributed by atoms with Crippen molar-refractivity contribution in [3.8, 4) is 5.69 Å². The molecule has 1 aromatic heterocycles. The minimum atomic E-state index is -0.422. The lowest BCUT2D eigenvalue weighted by Gasteiger charge is -2.30.